The molecule has 43 heavy (non-hydrogen) atoms. The van der Waals surface area contributed by atoms with Gasteiger partial charge in [0.2, 0.25) is 0 Å². The van der Waals surface area contributed by atoms with Gasteiger partial charge in [-0.2, -0.15) is 0 Å². The summed E-state index contributed by atoms with van der Waals surface area (Å²) in [6, 6.07) is 54.3. The van der Waals surface area contributed by atoms with Gasteiger partial charge in [-0.1, -0.05) is 140 Å². The average molecular weight is 551 g/mol. The second-order valence-electron chi connectivity index (χ2n) is 10.6. The Morgan fingerprint density at radius 3 is 1.63 bits per heavy atom. The highest BCUT2D eigenvalue weighted by atomic mass is 16.3. The fourth-order valence-corrected chi connectivity index (χ4v) is 5.85. The maximum absolute atomic E-state index is 6.22. The Labute approximate surface area is 249 Å². The maximum Gasteiger partial charge on any atom is 0.161 e. The fraction of sp³-hybridized carbons (Fsp3) is 0. The molecule has 0 bridgehead atoms. The van der Waals surface area contributed by atoms with E-state index >= 15 is 0 Å². The van der Waals surface area contributed by atoms with E-state index in [1.165, 1.54) is 11.1 Å². The fourth-order valence-electron chi connectivity index (χ4n) is 5.85. The molecule has 0 amide bonds. The highest BCUT2D eigenvalue weighted by Gasteiger charge is 2.18. The lowest BCUT2D eigenvalue weighted by atomic mass is 9.94. The third-order valence-corrected chi connectivity index (χ3v) is 7.94. The summed E-state index contributed by atoms with van der Waals surface area (Å²) in [6.45, 7) is 0. The first-order valence-electron chi connectivity index (χ1n) is 14.4. The minimum absolute atomic E-state index is 0.684. The van der Waals surface area contributed by atoms with E-state index < -0.39 is 0 Å². The van der Waals surface area contributed by atoms with E-state index in [1.54, 1.807) is 0 Å². The number of furan rings is 1. The van der Waals surface area contributed by atoms with E-state index in [2.05, 4.69) is 115 Å². The van der Waals surface area contributed by atoms with Gasteiger partial charge in [0.25, 0.3) is 0 Å². The van der Waals surface area contributed by atoms with Crippen LogP contribution in [0.5, 0.6) is 0 Å². The summed E-state index contributed by atoms with van der Waals surface area (Å²) in [4.78, 5) is 10.3. The molecule has 8 rings (SSSR count). The molecule has 0 saturated carbocycles. The van der Waals surface area contributed by atoms with Gasteiger partial charge in [0.15, 0.2) is 5.82 Å². The van der Waals surface area contributed by atoms with Gasteiger partial charge in [0.05, 0.1) is 11.4 Å². The Hall–Kier alpha value is -5.80. The van der Waals surface area contributed by atoms with Crippen LogP contribution < -0.4 is 0 Å². The summed E-state index contributed by atoms with van der Waals surface area (Å²) in [6.07, 6.45) is 0. The van der Waals surface area contributed by atoms with Gasteiger partial charge in [-0.15, -0.1) is 0 Å². The van der Waals surface area contributed by atoms with Crippen molar-refractivity contribution in [2.24, 2.45) is 0 Å². The maximum atomic E-state index is 6.22. The lowest BCUT2D eigenvalue weighted by Crippen LogP contribution is -1.97. The Kier molecular flexibility index (Phi) is 6.12. The first-order chi connectivity index (χ1) is 21.3. The molecule has 3 heteroatoms. The second-order valence-corrected chi connectivity index (χ2v) is 10.6. The van der Waals surface area contributed by atoms with Crippen molar-refractivity contribution in [1.82, 2.24) is 9.97 Å². The lowest BCUT2D eigenvalue weighted by molar-refractivity contribution is 0.669. The molecule has 0 aliphatic carbocycles. The van der Waals surface area contributed by atoms with Gasteiger partial charge >= 0.3 is 0 Å². The Bertz CT molecular complexity index is 2220. The summed E-state index contributed by atoms with van der Waals surface area (Å²) in [5.74, 6) is 0.684. The molecule has 8 aromatic rings. The molecule has 0 aliphatic rings. The number of para-hydroxylation sites is 1. The van der Waals surface area contributed by atoms with Gasteiger partial charge < -0.3 is 4.42 Å². The second kappa shape index (κ2) is 10.6. The van der Waals surface area contributed by atoms with Crippen LogP contribution in [0.2, 0.25) is 0 Å². The van der Waals surface area contributed by atoms with Crippen molar-refractivity contribution in [3.05, 3.63) is 158 Å². The van der Waals surface area contributed by atoms with Gasteiger partial charge in [0.1, 0.15) is 11.2 Å². The van der Waals surface area contributed by atoms with Gasteiger partial charge in [-0.05, 0) is 40.5 Å². The van der Waals surface area contributed by atoms with Gasteiger partial charge in [0, 0.05) is 27.5 Å². The number of rotatable bonds is 5. The van der Waals surface area contributed by atoms with E-state index in [-0.39, 0.29) is 0 Å². The van der Waals surface area contributed by atoms with Gasteiger partial charge in [-0.25, -0.2) is 9.97 Å². The zero-order valence-electron chi connectivity index (χ0n) is 23.3. The van der Waals surface area contributed by atoms with Crippen LogP contribution in [0, 0.1) is 0 Å². The van der Waals surface area contributed by atoms with Crippen molar-refractivity contribution in [3.8, 4) is 56.2 Å². The normalized spacial score (nSPS) is 11.3. The number of aromatic nitrogens is 2. The van der Waals surface area contributed by atoms with Crippen molar-refractivity contribution >= 4 is 21.9 Å². The quantitative estimate of drug-likeness (QED) is 0.214. The number of hydrogen-bond donors (Lipinski definition) is 0. The van der Waals surface area contributed by atoms with Crippen LogP contribution in [0.1, 0.15) is 0 Å². The van der Waals surface area contributed by atoms with Crippen LogP contribution in [-0.4, -0.2) is 9.97 Å². The molecule has 2 heterocycles. The molecule has 0 fully saturated rings. The molecule has 3 nitrogen and oxygen atoms in total. The van der Waals surface area contributed by atoms with E-state index in [0.29, 0.717) is 5.82 Å². The standard InChI is InChI=1S/C40H26N2O/c1-3-12-27(13-4-1)28-22-24-30(25-23-28)36-26-35(29-14-5-2-6-15-29)41-40(42-36)33-17-8-7-16-31(33)32-19-11-21-38-39(32)34-18-9-10-20-37(34)43-38/h1-26H. The van der Waals surface area contributed by atoms with Crippen molar-refractivity contribution in [2.75, 3.05) is 0 Å². The highest BCUT2D eigenvalue weighted by molar-refractivity contribution is 6.13. The average Bonchev–Trinajstić information content (AvgIpc) is 3.48. The minimum atomic E-state index is 0.684. The predicted octanol–water partition coefficient (Wildman–Crippen LogP) is 10.7. The summed E-state index contributed by atoms with van der Waals surface area (Å²) < 4.78 is 6.22. The summed E-state index contributed by atoms with van der Waals surface area (Å²) in [7, 11) is 0. The summed E-state index contributed by atoms with van der Waals surface area (Å²) in [5, 5.41) is 2.20. The van der Waals surface area contributed by atoms with Crippen molar-refractivity contribution in [3.63, 3.8) is 0 Å². The smallest absolute Gasteiger partial charge is 0.161 e. The van der Waals surface area contributed by atoms with E-state index in [1.807, 2.05) is 42.5 Å². The Balaban J connectivity index is 1.32. The molecule has 2 aromatic heterocycles. The topological polar surface area (TPSA) is 38.9 Å². The highest BCUT2D eigenvalue weighted by Crippen LogP contribution is 2.40. The predicted molar refractivity (Wildman–Crippen MR) is 176 cm³/mol. The van der Waals surface area contributed by atoms with Crippen LogP contribution in [0.15, 0.2) is 162 Å². The van der Waals surface area contributed by atoms with Crippen LogP contribution >= 0.6 is 0 Å². The molecular weight excluding hydrogens is 524 g/mol. The lowest BCUT2D eigenvalue weighted by Gasteiger charge is -2.13. The van der Waals surface area contributed by atoms with Crippen LogP contribution in [0.3, 0.4) is 0 Å². The summed E-state index contributed by atoms with van der Waals surface area (Å²) in [5.41, 5.74) is 11.1. The monoisotopic (exact) mass is 550 g/mol. The molecule has 0 saturated heterocycles. The third-order valence-electron chi connectivity index (χ3n) is 7.94. The molecule has 202 valence electrons. The number of hydrogen-bond acceptors (Lipinski definition) is 3. The molecule has 0 radical (unpaired) electrons. The SMILES string of the molecule is c1ccc(-c2ccc(-c3cc(-c4ccccc4)nc(-c4ccccc4-c4cccc5oc6ccccc6c45)n3)cc2)cc1. The molecule has 0 N–H and O–H groups in total. The van der Waals surface area contributed by atoms with Crippen LogP contribution in [0.4, 0.5) is 0 Å². The summed E-state index contributed by atoms with van der Waals surface area (Å²) >= 11 is 0. The molecule has 6 aromatic carbocycles. The van der Waals surface area contributed by atoms with E-state index in [9.17, 15) is 0 Å². The third kappa shape index (κ3) is 4.58. The van der Waals surface area contributed by atoms with Crippen molar-refractivity contribution in [1.29, 1.82) is 0 Å². The minimum Gasteiger partial charge on any atom is -0.456 e. The number of nitrogens with zero attached hydrogens (tertiary/aromatic N) is 2. The Morgan fingerprint density at radius 1 is 0.372 bits per heavy atom. The largest absolute Gasteiger partial charge is 0.456 e. The zero-order chi connectivity index (χ0) is 28.6. The van der Waals surface area contributed by atoms with Crippen molar-refractivity contribution in [2.45, 2.75) is 0 Å². The number of benzene rings is 6. The molecule has 0 spiro atoms. The van der Waals surface area contributed by atoms with Crippen LogP contribution in [-0.2, 0) is 0 Å². The molecule has 0 aliphatic heterocycles. The van der Waals surface area contributed by atoms with Crippen molar-refractivity contribution < 1.29 is 4.42 Å². The van der Waals surface area contributed by atoms with Crippen LogP contribution in [0.25, 0.3) is 78.1 Å². The van der Waals surface area contributed by atoms with E-state index in [0.717, 1.165) is 61.1 Å². The molecular formula is C40H26N2O. The molecule has 0 unspecified atom stereocenters. The Morgan fingerprint density at radius 2 is 0.884 bits per heavy atom. The first kappa shape index (κ1) is 25.0. The zero-order valence-corrected chi connectivity index (χ0v) is 23.3. The molecule has 0 atom stereocenters. The van der Waals surface area contributed by atoms with Gasteiger partial charge in [-0.3, -0.25) is 0 Å². The van der Waals surface area contributed by atoms with E-state index in [4.69, 9.17) is 14.4 Å². The first-order valence-corrected chi connectivity index (χ1v) is 14.4. The number of fused-ring (bicyclic) bond motifs is 3.